The molecule has 2 aliphatic heterocycles. The lowest BCUT2D eigenvalue weighted by Gasteiger charge is -2.33. The molecule has 0 spiro atoms. The molecule has 7 nitrogen and oxygen atoms in total. The predicted molar refractivity (Wildman–Crippen MR) is 80.9 cm³/mol. The molecule has 2 aliphatic rings. The Morgan fingerprint density at radius 3 is 2.73 bits per heavy atom. The van der Waals surface area contributed by atoms with E-state index in [0.717, 1.165) is 17.8 Å². The maximum atomic E-state index is 12.8. The number of aliphatic imine (C=N–C) groups is 1. The summed E-state index contributed by atoms with van der Waals surface area (Å²) >= 11 is 0. The van der Waals surface area contributed by atoms with Crippen LogP contribution in [0.3, 0.4) is 0 Å². The highest BCUT2D eigenvalue weighted by atomic mass is 16.2. The van der Waals surface area contributed by atoms with E-state index >= 15 is 0 Å². The summed E-state index contributed by atoms with van der Waals surface area (Å²) in [5.41, 5.74) is 1.81. The first kappa shape index (κ1) is 14.5. The van der Waals surface area contributed by atoms with Gasteiger partial charge in [-0.1, -0.05) is 17.1 Å². The van der Waals surface area contributed by atoms with Crippen molar-refractivity contribution >= 4 is 23.7 Å². The Balaban J connectivity index is 2.10. The fourth-order valence-electron chi connectivity index (χ4n) is 3.04. The highest BCUT2D eigenvalue weighted by Crippen LogP contribution is 2.29. The summed E-state index contributed by atoms with van der Waals surface area (Å²) in [6.45, 7) is 10.6. The molecule has 7 heteroatoms. The van der Waals surface area contributed by atoms with Crippen LogP contribution in [0.25, 0.3) is 0 Å². The van der Waals surface area contributed by atoms with Gasteiger partial charge in [0.25, 0.3) is 5.91 Å². The molecule has 3 amide bonds. The molecule has 116 valence electrons. The van der Waals surface area contributed by atoms with Crippen LogP contribution in [-0.4, -0.2) is 45.7 Å². The molecule has 0 aromatic carbocycles. The highest BCUT2D eigenvalue weighted by Gasteiger charge is 2.52. The van der Waals surface area contributed by atoms with Gasteiger partial charge >= 0.3 is 12.0 Å². The van der Waals surface area contributed by atoms with Gasteiger partial charge in [-0.15, -0.1) is 0 Å². The summed E-state index contributed by atoms with van der Waals surface area (Å²) in [5, 5.41) is 0. The van der Waals surface area contributed by atoms with Crippen molar-refractivity contribution in [3.8, 4) is 0 Å². The molecule has 1 aromatic rings. The lowest BCUT2D eigenvalue weighted by Crippen LogP contribution is -2.62. The molecule has 1 saturated heterocycles. The normalized spacial score (nSPS) is 20.2. The van der Waals surface area contributed by atoms with E-state index in [2.05, 4.69) is 11.6 Å². The van der Waals surface area contributed by atoms with E-state index in [1.165, 1.54) is 9.80 Å². The number of aromatic nitrogens is 2. The number of imidazole rings is 1. The summed E-state index contributed by atoms with van der Waals surface area (Å²) in [4.78, 5) is 32.4. The molecule has 22 heavy (non-hydrogen) atoms. The largest absolute Gasteiger partial charge is 0.401 e. The molecule has 0 saturated carbocycles. The van der Waals surface area contributed by atoms with Gasteiger partial charge in [-0.05, 0) is 20.8 Å². The molecule has 3 heterocycles. The standard InChI is InChI=1S/C15H20N5O2/c1-6-18-10(4)8-19-11-12(16-14(18)19)17(5)15(22)20(13(11)21)7-9(2)3/h8,11H,2,6-7H2,1,3-5H3/q+1. The second-order valence-corrected chi connectivity index (χ2v) is 5.82. The number of hydrogen-bond acceptors (Lipinski definition) is 3. The Morgan fingerprint density at radius 1 is 1.45 bits per heavy atom. The van der Waals surface area contributed by atoms with E-state index in [9.17, 15) is 9.59 Å². The van der Waals surface area contributed by atoms with E-state index in [1.54, 1.807) is 14.0 Å². The quantitative estimate of drug-likeness (QED) is 0.621. The van der Waals surface area contributed by atoms with E-state index in [4.69, 9.17) is 0 Å². The van der Waals surface area contributed by atoms with Crippen LogP contribution < -0.4 is 4.57 Å². The molecule has 3 rings (SSSR count). The summed E-state index contributed by atoms with van der Waals surface area (Å²) in [6, 6.07) is -0.919. The average molecular weight is 302 g/mol. The lowest BCUT2D eigenvalue weighted by molar-refractivity contribution is -0.677. The van der Waals surface area contributed by atoms with Gasteiger partial charge in [-0.25, -0.2) is 13.9 Å². The Hall–Kier alpha value is -2.44. The fourth-order valence-corrected chi connectivity index (χ4v) is 3.04. The zero-order chi connectivity index (χ0) is 16.2. The first-order valence-corrected chi connectivity index (χ1v) is 7.30. The third-order valence-corrected chi connectivity index (χ3v) is 4.07. The molecule has 0 radical (unpaired) electrons. The Morgan fingerprint density at radius 2 is 2.14 bits per heavy atom. The zero-order valence-electron chi connectivity index (χ0n) is 13.3. The van der Waals surface area contributed by atoms with Gasteiger partial charge < -0.3 is 0 Å². The number of fused-ring (bicyclic) bond motifs is 3. The average Bonchev–Trinajstić information content (AvgIpc) is 2.95. The molecule has 1 unspecified atom stereocenters. The minimum atomic E-state index is -0.566. The number of imide groups is 1. The van der Waals surface area contributed by atoms with Crippen LogP contribution in [0.1, 0.15) is 25.6 Å². The number of urea groups is 1. The number of hydrogen-bond donors (Lipinski definition) is 0. The van der Waals surface area contributed by atoms with Crippen LogP contribution in [0.5, 0.6) is 0 Å². The molecule has 1 aromatic heterocycles. The second-order valence-electron chi connectivity index (χ2n) is 5.82. The molecule has 1 fully saturated rings. The maximum Gasteiger partial charge on any atom is 0.401 e. The zero-order valence-corrected chi connectivity index (χ0v) is 13.3. The number of amidine groups is 1. The van der Waals surface area contributed by atoms with Gasteiger partial charge in [-0.2, -0.15) is 0 Å². The first-order valence-electron chi connectivity index (χ1n) is 7.30. The number of carbonyl (C=O) groups is 2. The molecule has 0 aliphatic carbocycles. The van der Waals surface area contributed by atoms with E-state index in [1.807, 2.05) is 29.2 Å². The van der Waals surface area contributed by atoms with Crippen LogP contribution in [0.2, 0.25) is 0 Å². The maximum absolute atomic E-state index is 12.8. The minimum Gasteiger partial charge on any atom is -0.270 e. The topological polar surface area (TPSA) is 61.8 Å². The number of carbonyl (C=O) groups excluding carboxylic acids is 2. The smallest absolute Gasteiger partial charge is 0.270 e. The van der Waals surface area contributed by atoms with Crippen molar-refractivity contribution in [2.45, 2.75) is 33.4 Å². The predicted octanol–water partition coefficient (Wildman–Crippen LogP) is 1.16. The Labute approximate surface area is 129 Å². The van der Waals surface area contributed by atoms with Crippen molar-refractivity contribution in [3.05, 3.63) is 24.0 Å². The van der Waals surface area contributed by atoms with Crippen molar-refractivity contribution in [3.63, 3.8) is 0 Å². The monoisotopic (exact) mass is 302 g/mol. The SMILES string of the molecule is C=C(C)CN1C(=O)C2C(=Nc3n(CC)c(C)c[n+]32)N(C)C1=O. The van der Waals surface area contributed by atoms with Gasteiger partial charge in [0, 0.05) is 7.05 Å². The number of rotatable bonds is 3. The van der Waals surface area contributed by atoms with Gasteiger partial charge in [-0.3, -0.25) is 14.6 Å². The first-order chi connectivity index (χ1) is 10.4. The number of likely N-dealkylation sites (N-methyl/N-ethyl adjacent to an activating group) is 1. The summed E-state index contributed by atoms with van der Waals surface area (Å²) in [5.74, 6) is 0.956. The van der Waals surface area contributed by atoms with Crippen molar-refractivity contribution in [2.24, 2.45) is 4.99 Å². The summed E-state index contributed by atoms with van der Waals surface area (Å²) in [6.07, 6.45) is 1.92. The van der Waals surface area contributed by atoms with Gasteiger partial charge in [0.1, 0.15) is 11.9 Å². The molecule has 1 atom stereocenters. The Kier molecular flexibility index (Phi) is 3.16. The third-order valence-electron chi connectivity index (χ3n) is 4.07. The molecule has 0 N–H and O–H groups in total. The number of amides is 3. The fraction of sp³-hybridized carbons (Fsp3) is 0.467. The molecular formula is C15H20N5O2+. The summed E-state index contributed by atoms with van der Waals surface area (Å²) in [7, 11) is 1.65. The van der Waals surface area contributed by atoms with Gasteiger partial charge in [0.05, 0.1) is 13.1 Å². The lowest BCUT2D eigenvalue weighted by atomic mass is 10.1. The summed E-state index contributed by atoms with van der Waals surface area (Å²) < 4.78 is 3.88. The van der Waals surface area contributed by atoms with E-state index < -0.39 is 6.04 Å². The number of nitrogens with zero attached hydrogens (tertiary/aromatic N) is 5. The number of aryl methyl sites for hydroxylation is 1. The van der Waals surface area contributed by atoms with Crippen LogP contribution in [0.15, 0.2) is 23.3 Å². The van der Waals surface area contributed by atoms with Crippen molar-refractivity contribution in [2.75, 3.05) is 13.6 Å². The van der Waals surface area contributed by atoms with Crippen molar-refractivity contribution in [1.82, 2.24) is 14.4 Å². The van der Waals surface area contributed by atoms with E-state index in [0.29, 0.717) is 11.8 Å². The minimum absolute atomic E-state index is 0.231. The van der Waals surface area contributed by atoms with Crippen molar-refractivity contribution in [1.29, 1.82) is 0 Å². The van der Waals surface area contributed by atoms with E-state index in [-0.39, 0.29) is 18.5 Å². The third kappa shape index (κ3) is 1.81. The van der Waals surface area contributed by atoms with Crippen LogP contribution in [0, 0.1) is 6.92 Å². The Bertz CT molecular complexity index is 731. The van der Waals surface area contributed by atoms with Gasteiger partial charge in [0.15, 0.2) is 0 Å². The second kappa shape index (κ2) is 4.79. The van der Waals surface area contributed by atoms with Crippen LogP contribution in [-0.2, 0) is 11.3 Å². The highest BCUT2D eigenvalue weighted by molar-refractivity contribution is 6.19. The van der Waals surface area contributed by atoms with Crippen LogP contribution in [0.4, 0.5) is 10.7 Å². The molecular weight excluding hydrogens is 282 g/mol. The molecule has 0 bridgehead atoms. The van der Waals surface area contributed by atoms with Crippen LogP contribution >= 0.6 is 0 Å². The van der Waals surface area contributed by atoms with Crippen molar-refractivity contribution < 1.29 is 14.2 Å². The van der Waals surface area contributed by atoms with Gasteiger partial charge in [0.2, 0.25) is 11.9 Å².